The lowest BCUT2D eigenvalue weighted by molar-refractivity contribution is 0.205. The van der Waals surface area contributed by atoms with E-state index in [4.69, 9.17) is 33.2 Å². The van der Waals surface area contributed by atoms with E-state index in [-0.39, 0.29) is 5.28 Å². The van der Waals surface area contributed by atoms with Gasteiger partial charge in [-0.2, -0.15) is 10.2 Å². The molecule has 0 unspecified atom stereocenters. The Morgan fingerprint density at radius 3 is 2.88 bits per heavy atom. The quantitative estimate of drug-likeness (QED) is 0.744. The summed E-state index contributed by atoms with van der Waals surface area (Å²) >= 11 is 11.7. The number of anilines is 1. The summed E-state index contributed by atoms with van der Waals surface area (Å²) in [5, 5.41) is 9.15. The van der Waals surface area contributed by atoms with E-state index >= 15 is 0 Å². The van der Waals surface area contributed by atoms with Gasteiger partial charge in [-0.1, -0.05) is 11.6 Å². The first kappa shape index (κ1) is 14.0. The molecule has 0 N–H and O–H groups in total. The monoisotopic (exact) mass is 274 g/mol. The fraction of sp³-hybridized carbons (Fsp3) is 0.500. The normalized spacial score (nSPS) is 10.0. The molecule has 0 saturated carbocycles. The molecule has 1 aromatic heterocycles. The van der Waals surface area contributed by atoms with Crippen LogP contribution in [-0.4, -0.2) is 36.8 Å². The van der Waals surface area contributed by atoms with Crippen LogP contribution in [0.4, 0.5) is 5.82 Å². The van der Waals surface area contributed by atoms with Crippen molar-refractivity contribution in [3.63, 3.8) is 0 Å². The van der Waals surface area contributed by atoms with Crippen LogP contribution in [0.5, 0.6) is 0 Å². The molecule has 92 valence electrons. The summed E-state index contributed by atoms with van der Waals surface area (Å²) in [6.07, 6.45) is 1.82. The van der Waals surface area contributed by atoms with Gasteiger partial charge >= 0.3 is 0 Å². The number of aromatic nitrogens is 2. The summed E-state index contributed by atoms with van der Waals surface area (Å²) in [7, 11) is 1.61. The highest BCUT2D eigenvalue weighted by Gasteiger charge is 2.13. The molecule has 0 saturated heterocycles. The molecule has 7 heteroatoms. The molecule has 0 atom stereocenters. The van der Waals surface area contributed by atoms with Gasteiger partial charge in [0.25, 0.3) is 0 Å². The minimum Gasteiger partial charge on any atom is -0.383 e. The second-order valence-corrected chi connectivity index (χ2v) is 3.94. The molecular weight excluding hydrogens is 263 g/mol. The second-order valence-electron chi connectivity index (χ2n) is 3.20. The molecule has 5 nitrogen and oxygen atoms in total. The van der Waals surface area contributed by atoms with Crippen LogP contribution in [0, 0.1) is 11.3 Å². The maximum Gasteiger partial charge on any atom is 0.224 e. The average Bonchev–Trinajstić information content (AvgIpc) is 2.33. The molecular formula is C10H12Cl2N4O. The Hall–Kier alpha value is -1.09. The summed E-state index contributed by atoms with van der Waals surface area (Å²) in [5.74, 6) is 0.527. The van der Waals surface area contributed by atoms with E-state index in [0.29, 0.717) is 37.0 Å². The molecule has 1 aromatic rings. The van der Waals surface area contributed by atoms with Crippen LogP contribution in [0.25, 0.3) is 0 Å². The molecule has 1 heterocycles. The fourth-order valence-electron chi connectivity index (χ4n) is 1.27. The highest BCUT2D eigenvalue weighted by atomic mass is 35.5. The van der Waals surface area contributed by atoms with Gasteiger partial charge in [0.05, 0.1) is 25.3 Å². The molecule has 0 spiro atoms. The number of nitrogens with zero attached hydrogens (tertiary/aromatic N) is 4. The van der Waals surface area contributed by atoms with Gasteiger partial charge in [0.2, 0.25) is 5.28 Å². The molecule has 0 aromatic carbocycles. The van der Waals surface area contributed by atoms with Crippen molar-refractivity contribution in [2.45, 2.75) is 6.42 Å². The lowest BCUT2D eigenvalue weighted by Gasteiger charge is -2.22. The largest absolute Gasteiger partial charge is 0.383 e. The van der Waals surface area contributed by atoms with Gasteiger partial charge in [0.1, 0.15) is 5.02 Å². The smallest absolute Gasteiger partial charge is 0.224 e. The molecule has 0 amide bonds. The molecule has 0 aliphatic rings. The van der Waals surface area contributed by atoms with Crippen LogP contribution in [0.1, 0.15) is 6.42 Å². The van der Waals surface area contributed by atoms with E-state index in [2.05, 4.69) is 16.0 Å². The van der Waals surface area contributed by atoms with E-state index in [1.165, 1.54) is 6.20 Å². The minimum absolute atomic E-state index is 0.128. The number of nitriles is 1. The van der Waals surface area contributed by atoms with Crippen LogP contribution in [0.3, 0.4) is 0 Å². The van der Waals surface area contributed by atoms with Crippen molar-refractivity contribution in [2.75, 3.05) is 31.7 Å². The van der Waals surface area contributed by atoms with E-state index in [1.54, 1.807) is 7.11 Å². The average molecular weight is 275 g/mol. The van der Waals surface area contributed by atoms with Crippen molar-refractivity contribution < 1.29 is 4.74 Å². The van der Waals surface area contributed by atoms with Gasteiger partial charge in [-0.15, -0.1) is 0 Å². The van der Waals surface area contributed by atoms with E-state index < -0.39 is 0 Å². The molecule has 17 heavy (non-hydrogen) atoms. The lowest BCUT2D eigenvalue weighted by atomic mass is 10.4. The van der Waals surface area contributed by atoms with E-state index in [0.717, 1.165) is 0 Å². The second kappa shape index (κ2) is 7.28. The summed E-state index contributed by atoms with van der Waals surface area (Å²) in [5.41, 5.74) is 0. The van der Waals surface area contributed by atoms with Crippen molar-refractivity contribution in [3.8, 4) is 6.07 Å². The van der Waals surface area contributed by atoms with Crippen molar-refractivity contribution >= 4 is 29.0 Å². The Morgan fingerprint density at radius 1 is 1.47 bits per heavy atom. The predicted octanol–water partition coefficient (Wildman–Crippen LogP) is 2.15. The highest BCUT2D eigenvalue weighted by Crippen LogP contribution is 2.23. The van der Waals surface area contributed by atoms with Crippen molar-refractivity contribution in [2.24, 2.45) is 0 Å². The number of methoxy groups -OCH3 is 1. The zero-order valence-electron chi connectivity index (χ0n) is 9.36. The Kier molecular flexibility index (Phi) is 5.98. The topological polar surface area (TPSA) is 62.0 Å². The SMILES string of the molecule is COCCN(CCC#N)c1nc(Cl)ncc1Cl. The molecule has 0 aliphatic heterocycles. The number of hydrogen-bond donors (Lipinski definition) is 0. The Balaban J connectivity index is 2.86. The van der Waals surface area contributed by atoms with Gasteiger partial charge in [0, 0.05) is 20.2 Å². The Labute approximate surface area is 110 Å². The van der Waals surface area contributed by atoms with E-state index in [9.17, 15) is 0 Å². The first-order valence-electron chi connectivity index (χ1n) is 4.98. The van der Waals surface area contributed by atoms with Crippen LogP contribution in [0.2, 0.25) is 10.3 Å². The van der Waals surface area contributed by atoms with E-state index in [1.807, 2.05) is 4.90 Å². The third kappa shape index (κ3) is 4.35. The predicted molar refractivity (Wildman–Crippen MR) is 66.4 cm³/mol. The Morgan fingerprint density at radius 2 is 2.24 bits per heavy atom. The first-order valence-corrected chi connectivity index (χ1v) is 5.73. The number of halogens is 2. The molecule has 0 aliphatic carbocycles. The molecule has 1 rings (SSSR count). The van der Waals surface area contributed by atoms with Gasteiger partial charge in [-0.3, -0.25) is 0 Å². The third-order valence-electron chi connectivity index (χ3n) is 2.05. The zero-order valence-corrected chi connectivity index (χ0v) is 10.9. The molecule has 0 radical (unpaired) electrons. The maximum atomic E-state index is 8.61. The highest BCUT2D eigenvalue weighted by molar-refractivity contribution is 6.33. The zero-order chi connectivity index (χ0) is 12.7. The third-order valence-corrected chi connectivity index (χ3v) is 2.50. The molecule has 0 fully saturated rings. The maximum absolute atomic E-state index is 8.61. The summed E-state index contributed by atoms with van der Waals surface area (Å²) < 4.78 is 5.00. The van der Waals surface area contributed by atoms with Crippen LogP contribution < -0.4 is 4.90 Å². The van der Waals surface area contributed by atoms with Crippen LogP contribution in [-0.2, 0) is 4.74 Å². The van der Waals surface area contributed by atoms with Gasteiger partial charge in [-0.25, -0.2) is 4.98 Å². The fourth-order valence-corrected chi connectivity index (χ4v) is 1.61. The van der Waals surface area contributed by atoms with Gasteiger partial charge in [-0.05, 0) is 11.6 Å². The van der Waals surface area contributed by atoms with Crippen LogP contribution >= 0.6 is 23.2 Å². The number of ether oxygens (including phenoxy) is 1. The summed E-state index contributed by atoms with van der Waals surface area (Å²) in [6, 6.07) is 2.08. The minimum atomic E-state index is 0.128. The van der Waals surface area contributed by atoms with Crippen LogP contribution in [0.15, 0.2) is 6.20 Å². The Bertz CT molecular complexity index is 408. The van der Waals surface area contributed by atoms with Gasteiger partial charge in [0.15, 0.2) is 5.82 Å². The standard InChI is InChI=1S/C10H12Cl2N4O/c1-17-6-5-16(4-2-3-13)9-8(11)7-14-10(12)15-9/h7H,2,4-6H2,1H3. The summed E-state index contributed by atoms with van der Waals surface area (Å²) in [6.45, 7) is 1.63. The first-order chi connectivity index (χ1) is 8.19. The van der Waals surface area contributed by atoms with Crippen molar-refractivity contribution in [1.29, 1.82) is 5.26 Å². The number of hydrogen-bond acceptors (Lipinski definition) is 5. The van der Waals surface area contributed by atoms with Crippen molar-refractivity contribution in [3.05, 3.63) is 16.5 Å². The number of rotatable bonds is 6. The lowest BCUT2D eigenvalue weighted by Crippen LogP contribution is -2.29. The molecule has 0 bridgehead atoms. The summed E-state index contributed by atoms with van der Waals surface area (Å²) in [4.78, 5) is 9.69. The van der Waals surface area contributed by atoms with Gasteiger partial charge < -0.3 is 9.64 Å². The van der Waals surface area contributed by atoms with Crippen molar-refractivity contribution in [1.82, 2.24) is 9.97 Å².